The van der Waals surface area contributed by atoms with E-state index in [2.05, 4.69) is 15.4 Å². The van der Waals surface area contributed by atoms with Crippen LogP contribution in [-0.4, -0.2) is 62.6 Å². The minimum atomic E-state index is -0.734. The summed E-state index contributed by atoms with van der Waals surface area (Å²) in [6.45, 7) is 9.33. The molecule has 228 valence electrons. The highest BCUT2D eigenvalue weighted by Gasteiger charge is 2.39. The summed E-state index contributed by atoms with van der Waals surface area (Å²) < 4.78 is 55.4. The molecule has 1 aromatic carbocycles. The van der Waals surface area contributed by atoms with Crippen LogP contribution >= 0.6 is 0 Å². The summed E-state index contributed by atoms with van der Waals surface area (Å²) in [6, 6.07) is 3.55. The molecule has 2 aromatic heterocycles. The summed E-state index contributed by atoms with van der Waals surface area (Å²) in [5.41, 5.74) is 2.29. The Hall–Kier alpha value is -4.55. The van der Waals surface area contributed by atoms with Crippen LogP contribution in [0.5, 0.6) is 5.75 Å². The molecule has 3 aromatic rings. The van der Waals surface area contributed by atoms with E-state index < -0.39 is 47.3 Å². The Morgan fingerprint density at radius 2 is 1.72 bits per heavy atom. The second-order valence-corrected chi connectivity index (χ2v) is 11.6. The van der Waals surface area contributed by atoms with Crippen molar-refractivity contribution in [1.82, 2.24) is 19.5 Å². The Morgan fingerprint density at radius 1 is 1.05 bits per heavy atom. The van der Waals surface area contributed by atoms with Gasteiger partial charge < -0.3 is 18.9 Å². The van der Waals surface area contributed by atoms with E-state index in [0.717, 1.165) is 23.5 Å². The van der Waals surface area contributed by atoms with E-state index in [0.29, 0.717) is 29.1 Å². The van der Waals surface area contributed by atoms with Gasteiger partial charge in [-0.3, -0.25) is 10.3 Å². The molecule has 0 spiro atoms. The molecule has 2 aliphatic heterocycles. The largest absolute Gasteiger partial charge is 0.483 e. The molecule has 1 atom stereocenters. The average molecular weight is 599 g/mol. The summed E-state index contributed by atoms with van der Waals surface area (Å²) in [5, 5.41) is 8.09. The summed E-state index contributed by atoms with van der Waals surface area (Å²) in [7, 11) is 1.79. The third-order valence-corrected chi connectivity index (χ3v) is 7.33. The zero-order valence-corrected chi connectivity index (χ0v) is 24.7. The van der Waals surface area contributed by atoms with Gasteiger partial charge in [-0.15, -0.1) is 0 Å². The van der Waals surface area contributed by atoms with Crippen LogP contribution in [0.15, 0.2) is 35.6 Å². The standard InChI is InChI=1S/C30H33F3N6O4/c1-16-26(17(2)37(6)27(16)36-28(40)43-30(3,4)5)23-12-25(22(33)13-34-23)42-21-14-38(15-21)29(41)39-24(7-8-35-39)18-9-19(31)11-20(32)10-18/h8-13,21,24H,7,14-15H2,1-6H3,(H,36,40)/t24-/m0/s1. The second-order valence-electron chi connectivity index (χ2n) is 11.6. The quantitative estimate of drug-likeness (QED) is 0.384. The first-order valence-corrected chi connectivity index (χ1v) is 13.8. The van der Waals surface area contributed by atoms with Crippen LogP contribution in [0.4, 0.5) is 28.6 Å². The van der Waals surface area contributed by atoms with E-state index in [9.17, 15) is 22.8 Å². The molecule has 0 unspecified atom stereocenters. The van der Waals surface area contributed by atoms with Crippen LogP contribution in [0, 0.1) is 31.3 Å². The van der Waals surface area contributed by atoms with Gasteiger partial charge in [0.05, 0.1) is 31.0 Å². The minimum absolute atomic E-state index is 0.0290. The van der Waals surface area contributed by atoms with Crippen molar-refractivity contribution in [3.05, 3.63) is 64.7 Å². The molecule has 13 heteroatoms. The smallest absolute Gasteiger partial charge is 0.413 e. The lowest BCUT2D eigenvalue weighted by Gasteiger charge is -2.41. The first kappa shape index (κ1) is 29.9. The zero-order valence-electron chi connectivity index (χ0n) is 24.7. The number of halogens is 3. The summed E-state index contributed by atoms with van der Waals surface area (Å²) >= 11 is 0. The zero-order chi connectivity index (χ0) is 31.2. The van der Waals surface area contributed by atoms with Crippen molar-refractivity contribution in [3.8, 4) is 17.0 Å². The molecule has 2 aliphatic rings. The van der Waals surface area contributed by atoms with E-state index in [1.165, 1.54) is 34.3 Å². The first-order chi connectivity index (χ1) is 20.2. The monoisotopic (exact) mass is 598 g/mol. The first-order valence-electron chi connectivity index (χ1n) is 13.8. The van der Waals surface area contributed by atoms with Gasteiger partial charge in [0.25, 0.3) is 0 Å². The molecular weight excluding hydrogens is 565 g/mol. The minimum Gasteiger partial charge on any atom is -0.483 e. The Morgan fingerprint density at radius 3 is 2.37 bits per heavy atom. The van der Waals surface area contributed by atoms with Gasteiger partial charge in [-0.1, -0.05) is 0 Å². The van der Waals surface area contributed by atoms with Crippen molar-refractivity contribution in [2.45, 2.75) is 58.8 Å². The maximum atomic E-state index is 14.8. The van der Waals surface area contributed by atoms with Gasteiger partial charge in [0.15, 0.2) is 11.6 Å². The van der Waals surface area contributed by atoms with Crippen LogP contribution in [0.1, 0.15) is 50.1 Å². The second kappa shape index (κ2) is 11.3. The number of hydrazone groups is 1. The van der Waals surface area contributed by atoms with E-state index in [1.807, 2.05) is 13.8 Å². The van der Waals surface area contributed by atoms with Crippen molar-refractivity contribution < 1.29 is 32.2 Å². The van der Waals surface area contributed by atoms with Crippen LogP contribution < -0.4 is 10.1 Å². The number of aromatic nitrogens is 2. The van der Waals surface area contributed by atoms with E-state index in [1.54, 1.807) is 32.4 Å². The fourth-order valence-corrected chi connectivity index (χ4v) is 5.22. The molecule has 5 rings (SSSR count). The fraction of sp³-hybridized carbons (Fsp3) is 0.400. The molecule has 0 radical (unpaired) electrons. The number of ether oxygens (including phenoxy) is 2. The number of carbonyl (C=O) groups excluding carboxylic acids is 2. The Labute approximate surface area is 247 Å². The molecule has 1 N–H and O–H groups in total. The van der Waals surface area contributed by atoms with Crippen LogP contribution in [0.2, 0.25) is 0 Å². The number of benzene rings is 1. The number of amides is 3. The van der Waals surface area contributed by atoms with E-state index in [4.69, 9.17) is 9.47 Å². The lowest BCUT2D eigenvalue weighted by Crippen LogP contribution is -2.58. The molecule has 0 saturated carbocycles. The molecule has 1 saturated heterocycles. The van der Waals surface area contributed by atoms with Gasteiger partial charge in [0, 0.05) is 48.6 Å². The molecular formula is C30H33F3N6O4. The summed E-state index contributed by atoms with van der Waals surface area (Å²) in [6.07, 6.45) is 1.82. The van der Waals surface area contributed by atoms with Crippen LogP contribution in [-0.2, 0) is 11.8 Å². The van der Waals surface area contributed by atoms with Crippen molar-refractivity contribution in [1.29, 1.82) is 0 Å². The van der Waals surface area contributed by atoms with Crippen LogP contribution in [0.25, 0.3) is 11.3 Å². The average Bonchev–Trinajstić information content (AvgIpc) is 3.45. The number of nitrogens with one attached hydrogen (secondary N) is 1. The Balaban J connectivity index is 1.27. The lowest BCUT2D eigenvalue weighted by molar-refractivity contribution is 0.0256. The molecule has 0 bridgehead atoms. The van der Waals surface area contributed by atoms with Crippen LogP contribution in [0.3, 0.4) is 0 Å². The van der Waals surface area contributed by atoms with E-state index >= 15 is 0 Å². The number of carbonyl (C=O) groups is 2. The van der Waals surface area contributed by atoms with Crippen molar-refractivity contribution in [3.63, 3.8) is 0 Å². The normalized spacial score (nSPS) is 16.8. The number of likely N-dealkylation sites (tertiary alicyclic amines) is 1. The number of urea groups is 1. The number of hydrogen-bond acceptors (Lipinski definition) is 6. The van der Waals surface area contributed by atoms with Crippen molar-refractivity contribution in [2.75, 3.05) is 18.4 Å². The number of hydrogen-bond donors (Lipinski definition) is 1. The molecule has 10 nitrogen and oxygen atoms in total. The fourth-order valence-electron chi connectivity index (χ4n) is 5.22. The maximum absolute atomic E-state index is 14.8. The lowest BCUT2D eigenvalue weighted by atomic mass is 10.0. The van der Waals surface area contributed by atoms with Crippen molar-refractivity contribution in [2.24, 2.45) is 12.1 Å². The Bertz CT molecular complexity index is 1590. The third kappa shape index (κ3) is 6.15. The predicted molar refractivity (Wildman–Crippen MR) is 153 cm³/mol. The molecule has 43 heavy (non-hydrogen) atoms. The van der Waals surface area contributed by atoms with Gasteiger partial charge in [-0.05, 0) is 52.3 Å². The number of nitrogens with zero attached hydrogens (tertiary/aromatic N) is 5. The van der Waals surface area contributed by atoms with E-state index in [-0.39, 0.29) is 18.8 Å². The predicted octanol–water partition coefficient (Wildman–Crippen LogP) is 6.08. The highest BCUT2D eigenvalue weighted by Crippen LogP contribution is 2.36. The van der Waals surface area contributed by atoms with Gasteiger partial charge in [-0.2, -0.15) is 5.10 Å². The highest BCUT2D eigenvalue weighted by atomic mass is 19.1. The SMILES string of the molecule is Cc1c(-c2cc(OC3CN(C(=O)N4N=CC[C@H]4c4cc(F)cc(F)c4)C3)c(F)cn2)c(C)n(C)c1NC(=O)OC(C)(C)C. The summed E-state index contributed by atoms with van der Waals surface area (Å²) in [4.78, 5) is 31.3. The number of rotatable bonds is 5. The Kier molecular flexibility index (Phi) is 7.84. The summed E-state index contributed by atoms with van der Waals surface area (Å²) in [5.74, 6) is -1.64. The van der Waals surface area contributed by atoms with Gasteiger partial charge in [-0.25, -0.2) is 27.8 Å². The van der Waals surface area contributed by atoms with Gasteiger partial charge >= 0.3 is 12.1 Å². The molecule has 4 heterocycles. The number of pyridine rings is 1. The maximum Gasteiger partial charge on any atom is 0.413 e. The molecule has 0 aliphatic carbocycles. The highest BCUT2D eigenvalue weighted by molar-refractivity contribution is 5.88. The molecule has 1 fully saturated rings. The van der Waals surface area contributed by atoms with Crippen molar-refractivity contribution >= 4 is 24.2 Å². The topological polar surface area (TPSA) is 101 Å². The molecule has 3 amide bonds. The third-order valence-electron chi connectivity index (χ3n) is 7.33. The van der Waals surface area contributed by atoms with Gasteiger partial charge in [0.1, 0.15) is 29.2 Å². The van der Waals surface area contributed by atoms with Gasteiger partial charge in [0.2, 0.25) is 0 Å². The number of anilines is 1.